The summed E-state index contributed by atoms with van der Waals surface area (Å²) in [5, 5.41) is 6.54. The van der Waals surface area contributed by atoms with Crippen LogP contribution in [0, 0.1) is 20.8 Å². The topological polar surface area (TPSA) is 46.8 Å². The fourth-order valence-electron chi connectivity index (χ4n) is 2.51. The lowest BCUT2D eigenvalue weighted by atomic mass is 10.2. The van der Waals surface area contributed by atoms with Gasteiger partial charge in [-0.25, -0.2) is 14.6 Å². The van der Waals surface area contributed by atoms with Crippen molar-refractivity contribution < 1.29 is 0 Å². The summed E-state index contributed by atoms with van der Waals surface area (Å²) in [5.74, 6) is 0. The normalized spacial score (nSPS) is 13.0. The van der Waals surface area contributed by atoms with E-state index >= 15 is 0 Å². The van der Waals surface area contributed by atoms with Crippen molar-refractivity contribution in [3.63, 3.8) is 0 Å². The molecule has 0 N–H and O–H groups in total. The Morgan fingerprint density at radius 1 is 1.14 bits per heavy atom. The van der Waals surface area contributed by atoms with E-state index in [-0.39, 0.29) is 6.04 Å². The van der Waals surface area contributed by atoms with E-state index in [1.807, 2.05) is 18.7 Å². The lowest BCUT2D eigenvalue weighted by Gasteiger charge is -2.23. The zero-order chi connectivity index (χ0) is 15.3. The molecule has 3 aromatic heterocycles. The molecule has 0 aliphatic carbocycles. The molecule has 0 amide bonds. The zero-order valence-electron chi connectivity index (χ0n) is 13.1. The molecule has 0 aliphatic heterocycles. The number of anilines is 1. The van der Waals surface area contributed by atoms with Crippen LogP contribution in [-0.2, 0) is 7.05 Å². The molecule has 3 rings (SSSR count). The minimum absolute atomic E-state index is 0.212. The number of rotatable bonds is 3. The van der Waals surface area contributed by atoms with Gasteiger partial charge < -0.3 is 4.90 Å². The average molecular weight is 321 g/mol. The third kappa shape index (κ3) is 2.34. The van der Waals surface area contributed by atoms with Crippen molar-refractivity contribution in [1.82, 2.24) is 19.7 Å². The minimum atomic E-state index is 0.212. The number of fused-ring (bicyclic) bond motifs is 1. The molecule has 0 aromatic carbocycles. The quantitative estimate of drug-likeness (QED) is 0.739. The predicted molar refractivity (Wildman–Crippen MR) is 89.5 cm³/mol. The molecule has 1 unspecified atom stereocenters. The molecule has 7 heteroatoms. The van der Waals surface area contributed by atoms with Crippen LogP contribution in [-0.4, -0.2) is 26.8 Å². The van der Waals surface area contributed by atoms with E-state index in [9.17, 15) is 0 Å². The smallest absolute Gasteiger partial charge is 0.188 e. The molecule has 0 saturated heterocycles. The van der Waals surface area contributed by atoms with E-state index in [1.165, 1.54) is 4.88 Å². The molecular weight excluding hydrogens is 302 g/mol. The van der Waals surface area contributed by atoms with Gasteiger partial charge in [0.2, 0.25) is 0 Å². The Labute approximate surface area is 132 Å². The Hall–Kier alpha value is -1.47. The van der Waals surface area contributed by atoms with Crippen molar-refractivity contribution in [1.29, 1.82) is 0 Å². The average Bonchev–Trinajstić information content (AvgIpc) is 3.06. The van der Waals surface area contributed by atoms with Crippen molar-refractivity contribution in [2.45, 2.75) is 33.7 Å². The summed E-state index contributed by atoms with van der Waals surface area (Å²) in [6.07, 6.45) is 0. The van der Waals surface area contributed by atoms with Crippen molar-refractivity contribution in [3.05, 3.63) is 21.3 Å². The van der Waals surface area contributed by atoms with E-state index in [0.717, 1.165) is 31.9 Å². The summed E-state index contributed by atoms with van der Waals surface area (Å²) in [4.78, 5) is 12.9. The van der Waals surface area contributed by atoms with Gasteiger partial charge in [0.25, 0.3) is 0 Å². The molecule has 0 fully saturated rings. The fraction of sp³-hybridized carbons (Fsp3) is 0.500. The Morgan fingerprint density at radius 2 is 1.86 bits per heavy atom. The number of hydrogen-bond donors (Lipinski definition) is 0. The van der Waals surface area contributed by atoms with Gasteiger partial charge in [-0.3, -0.25) is 0 Å². The number of nitrogens with zero attached hydrogens (tertiary/aromatic N) is 5. The molecule has 0 aliphatic rings. The molecule has 21 heavy (non-hydrogen) atoms. The summed E-state index contributed by atoms with van der Waals surface area (Å²) >= 11 is 3.45. The Morgan fingerprint density at radius 3 is 2.43 bits per heavy atom. The van der Waals surface area contributed by atoms with Crippen LogP contribution in [0.15, 0.2) is 0 Å². The van der Waals surface area contributed by atoms with Crippen LogP contribution in [0.5, 0.6) is 0 Å². The summed E-state index contributed by atoms with van der Waals surface area (Å²) in [7, 11) is 4.02. The molecule has 0 spiro atoms. The van der Waals surface area contributed by atoms with Gasteiger partial charge in [-0.2, -0.15) is 5.10 Å². The van der Waals surface area contributed by atoms with Crippen molar-refractivity contribution in [3.8, 4) is 0 Å². The third-order valence-electron chi connectivity index (χ3n) is 3.75. The highest BCUT2D eigenvalue weighted by atomic mass is 32.1. The van der Waals surface area contributed by atoms with Gasteiger partial charge in [0.1, 0.15) is 0 Å². The Bertz CT molecular complexity index is 763. The second kappa shape index (κ2) is 5.06. The third-order valence-corrected chi connectivity index (χ3v) is 5.90. The van der Waals surface area contributed by atoms with Gasteiger partial charge in [-0.1, -0.05) is 11.3 Å². The van der Waals surface area contributed by atoms with E-state index in [0.29, 0.717) is 0 Å². The van der Waals surface area contributed by atoms with Gasteiger partial charge >= 0.3 is 0 Å². The van der Waals surface area contributed by atoms with Crippen molar-refractivity contribution in [2.24, 2.45) is 7.05 Å². The number of thiazole rings is 2. The zero-order valence-corrected chi connectivity index (χ0v) is 14.8. The second-order valence-electron chi connectivity index (χ2n) is 5.32. The lowest BCUT2D eigenvalue weighted by molar-refractivity contribution is 0.709. The summed E-state index contributed by atoms with van der Waals surface area (Å²) < 4.78 is 3.01. The highest BCUT2D eigenvalue weighted by molar-refractivity contribution is 7.22. The molecule has 3 heterocycles. The van der Waals surface area contributed by atoms with E-state index in [4.69, 9.17) is 4.98 Å². The first-order chi connectivity index (χ1) is 9.88. The first-order valence-electron chi connectivity index (χ1n) is 6.85. The van der Waals surface area contributed by atoms with Crippen LogP contribution in [0.2, 0.25) is 0 Å². The molecule has 0 radical (unpaired) electrons. The number of aryl methyl sites for hydroxylation is 4. The van der Waals surface area contributed by atoms with Crippen LogP contribution < -0.4 is 4.90 Å². The first-order valence-corrected chi connectivity index (χ1v) is 8.48. The lowest BCUT2D eigenvalue weighted by Crippen LogP contribution is -2.22. The maximum atomic E-state index is 4.74. The summed E-state index contributed by atoms with van der Waals surface area (Å²) in [5.41, 5.74) is 3.14. The van der Waals surface area contributed by atoms with Gasteiger partial charge in [0.15, 0.2) is 10.8 Å². The van der Waals surface area contributed by atoms with Gasteiger partial charge in [0, 0.05) is 19.0 Å². The highest BCUT2D eigenvalue weighted by Crippen LogP contribution is 2.35. The molecule has 3 aromatic rings. The van der Waals surface area contributed by atoms with Gasteiger partial charge in [0.05, 0.1) is 27.1 Å². The molecule has 112 valence electrons. The van der Waals surface area contributed by atoms with Crippen LogP contribution >= 0.6 is 22.7 Å². The van der Waals surface area contributed by atoms with E-state index < -0.39 is 0 Å². The standard InChI is InChI=1S/C14H19N5S2/c1-7-12-13(19(6)17-7)16-14(21-12)18(5)8(2)11-9(3)20-10(4)15-11/h8H,1-6H3. The molecule has 0 bridgehead atoms. The molecule has 0 saturated carbocycles. The van der Waals surface area contributed by atoms with Crippen LogP contribution in [0.3, 0.4) is 0 Å². The summed E-state index contributed by atoms with van der Waals surface area (Å²) in [6.45, 7) is 8.40. The van der Waals surface area contributed by atoms with Crippen molar-refractivity contribution in [2.75, 3.05) is 11.9 Å². The summed E-state index contributed by atoms with van der Waals surface area (Å²) in [6, 6.07) is 0.212. The predicted octanol–water partition coefficient (Wildman–Crippen LogP) is 3.61. The Kier molecular flexibility index (Phi) is 3.49. The highest BCUT2D eigenvalue weighted by Gasteiger charge is 2.22. The van der Waals surface area contributed by atoms with Crippen LogP contribution in [0.1, 0.15) is 34.2 Å². The first kappa shape index (κ1) is 14.5. The van der Waals surface area contributed by atoms with Crippen molar-refractivity contribution >= 4 is 38.2 Å². The number of aromatic nitrogens is 4. The molecular formula is C14H19N5S2. The Balaban J connectivity index is 1.97. The fourth-order valence-corrected chi connectivity index (χ4v) is 4.49. The molecule has 5 nitrogen and oxygen atoms in total. The van der Waals surface area contributed by atoms with Crippen LogP contribution in [0.25, 0.3) is 10.3 Å². The van der Waals surface area contributed by atoms with E-state index in [2.05, 4.69) is 42.8 Å². The molecule has 1 atom stereocenters. The maximum absolute atomic E-state index is 4.74. The number of hydrogen-bond acceptors (Lipinski definition) is 6. The van der Waals surface area contributed by atoms with E-state index in [1.54, 1.807) is 22.7 Å². The minimum Gasteiger partial charge on any atom is -0.343 e. The largest absolute Gasteiger partial charge is 0.343 e. The SMILES string of the molecule is Cc1nc(C(C)N(C)c2nc3c(s2)c(C)nn3C)c(C)s1. The second-order valence-corrected chi connectivity index (χ2v) is 7.70. The van der Waals surface area contributed by atoms with Gasteiger partial charge in [-0.05, 0) is 27.7 Å². The monoisotopic (exact) mass is 321 g/mol. The maximum Gasteiger partial charge on any atom is 0.188 e. The van der Waals surface area contributed by atoms with Gasteiger partial charge in [-0.15, -0.1) is 11.3 Å². The van der Waals surface area contributed by atoms with Crippen LogP contribution in [0.4, 0.5) is 5.13 Å².